The number of carbonyl (C=O) groups excluding carboxylic acids is 1. The van der Waals surface area contributed by atoms with Crippen LogP contribution < -0.4 is 10.6 Å². The van der Waals surface area contributed by atoms with Gasteiger partial charge in [-0.15, -0.1) is 0 Å². The van der Waals surface area contributed by atoms with Gasteiger partial charge in [0.1, 0.15) is 5.75 Å². The molecule has 4 nitrogen and oxygen atoms in total. The van der Waals surface area contributed by atoms with Gasteiger partial charge >= 0.3 is 6.03 Å². The van der Waals surface area contributed by atoms with Crippen molar-refractivity contribution >= 4 is 11.7 Å². The molecule has 0 radical (unpaired) electrons. The number of hydrogen-bond acceptors (Lipinski definition) is 2. The average molecular weight is 268 g/mol. The Bertz CT molecular complexity index is 621. The van der Waals surface area contributed by atoms with Crippen LogP contribution in [-0.4, -0.2) is 11.1 Å². The fourth-order valence-corrected chi connectivity index (χ4v) is 2.33. The summed E-state index contributed by atoms with van der Waals surface area (Å²) in [5, 5.41) is 15.1. The van der Waals surface area contributed by atoms with Crippen LogP contribution in [0.5, 0.6) is 5.75 Å². The van der Waals surface area contributed by atoms with Gasteiger partial charge in [-0.05, 0) is 30.5 Å². The molecule has 0 saturated heterocycles. The highest BCUT2D eigenvalue weighted by atomic mass is 16.3. The molecule has 2 aromatic carbocycles. The van der Waals surface area contributed by atoms with E-state index in [4.69, 9.17) is 0 Å². The summed E-state index contributed by atoms with van der Waals surface area (Å²) < 4.78 is 0. The zero-order chi connectivity index (χ0) is 14.0. The second-order valence-corrected chi connectivity index (χ2v) is 5.08. The van der Waals surface area contributed by atoms with Gasteiger partial charge < -0.3 is 15.7 Å². The molecule has 1 fully saturated rings. The largest absolute Gasteiger partial charge is 0.508 e. The lowest BCUT2D eigenvalue weighted by atomic mass is 10.1. The molecule has 0 spiro atoms. The first-order chi connectivity index (χ1) is 9.68. The van der Waals surface area contributed by atoms with E-state index in [9.17, 15) is 9.90 Å². The minimum atomic E-state index is -0.253. The molecule has 4 heteroatoms. The number of aromatic hydroxyl groups is 1. The third-order valence-corrected chi connectivity index (χ3v) is 3.53. The number of phenols is 1. The molecule has 3 rings (SSSR count). The summed E-state index contributed by atoms with van der Waals surface area (Å²) >= 11 is 0. The second kappa shape index (κ2) is 4.89. The van der Waals surface area contributed by atoms with Crippen LogP contribution in [0.4, 0.5) is 10.5 Å². The fourth-order valence-electron chi connectivity index (χ4n) is 2.33. The van der Waals surface area contributed by atoms with Gasteiger partial charge in [0, 0.05) is 11.8 Å². The predicted molar refractivity (Wildman–Crippen MR) is 77.6 cm³/mol. The Labute approximate surface area is 117 Å². The number of urea groups is 1. The minimum Gasteiger partial charge on any atom is -0.508 e. The molecule has 0 unspecified atom stereocenters. The Balaban J connectivity index is 1.68. The van der Waals surface area contributed by atoms with Crippen molar-refractivity contribution in [2.45, 2.75) is 18.4 Å². The van der Waals surface area contributed by atoms with E-state index >= 15 is 0 Å². The second-order valence-electron chi connectivity index (χ2n) is 5.08. The molecule has 3 N–H and O–H groups in total. The van der Waals surface area contributed by atoms with Crippen molar-refractivity contribution in [1.82, 2.24) is 5.32 Å². The third kappa shape index (κ3) is 2.59. The molecule has 0 bridgehead atoms. The molecule has 2 amide bonds. The number of nitrogens with one attached hydrogen (secondary N) is 2. The monoisotopic (exact) mass is 268 g/mol. The van der Waals surface area contributed by atoms with Crippen molar-refractivity contribution in [2.24, 2.45) is 0 Å². The maximum atomic E-state index is 12.0. The quantitative estimate of drug-likeness (QED) is 0.800. The molecule has 1 saturated carbocycles. The molecule has 0 aliphatic heterocycles. The van der Waals surface area contributed by atoms with E-state index in [0.717, 1.165) is 18.4 Å². The van der Waals surface area contributed by atoms with E-state index in [-0.39, 0.29) is 17.3 Å². The van der Waals surface area contributed by atoms with Gasteiger partial charge in [0.05, 0.1) is 5.54 Å². The van der Waals surface area contributed by atoms with Crippen LogP contribution in [0.2, 0.25) is 0 Å². The standard InChI is InChI=1S/C16H16N2O2/c19-14-8-4-7-13(11-14)17-15(20)18-16(9-10-16)12-5-2-1-3-6-12/h1-8,11,19H,9-10H2,(H2,17,18,20). The SMILES string of the molecule is O=C(Nc1cccc(O)c1)NC1(c2ccccc2)CC1. The molecule has 102 valence electrons. The minimum absolute atomic E-state index is 0.131. The van der Waals surface area contributed by atoms with Crippen molar-refractivity contribution in [3.63, 3.8) is 0 Å². The predicted octanol–water partition coefficient (Wildman–Crippen LogP) is 3.20. The van der Waals surface area contributed by atoms with Gasteiger partial charge in [-0.1, -0.05) is 36.4 Å². The van der Waals surface area contributed by atoms with E-state index in [1.165, 1.54) is 6.07 Å². The molecule has 0 aromatic heterocycles. The summed E-state index contributed by atoms with van der Waals surface area (Å²) in [6, 6.07) is 16.2. The first kappa shape index (κ1) is 12.5. The van der Waals surface area contributed by atoms with Crippen LogP contribution in [-0.2, 0) is 5.54 Å². The van der Waals surface area contributed by atoms with Gasteiger partial charge in [0.2, 0.25) is 0 Å². The van der Waals surface area contributed by atoms with Crippen LogP contribution in [0.15, 0.2) is 54.6 Å². The highest BCUT2D eigenvalue weighted by molar-refractivity contribution is 5.90. The molecule has 1 aliphatic carbocycles. The van der Waals surface area contributed by atoms with Crippen molar-refractivity contribution < 1.29 is 9.90 Å². The number of amides is 2. The lowest BCUT2D eigenvalue weighted by molar-refractivity contribution is 0.247. The van der Waals surface area contributed by atoms with Crippen LogP contribution >= 0.6 is 0 Å². The number of rotatable bonds is 3. The zero-order valence-corrected chi connectivity index (χ0v) is 11.0. The van der Waals surface area contributed by atoms with Crippen molar-refractivity contribution in [1.29, 1.82) is 0 Å². The van der Waals surface area contributed by atoms with Gasteiger partial charge in [-0.2, -0.15) is 0 Å². The highest BCUT2D eigenvalue weighted by Gasteiger charge is 2.45. The Morgan fingerprint density at radius 1 is 1.05 bits per heavy atom. The van der Waals surface area contributed by atoms with E-state index in [1.54, 1.807) is 18.2 Å². The number of phenolic OH excluding ortho intramolecular Hbond substituents is 1. The third-order valence-electron chi connectivity index (χ3n) is 3.53. The van der Waals surface area contributed by atoms with Crippen molar-refractivity contribution in [3.8, 4) is 5.75 Å². The van der Waals surface area contributed by atoms with E-state index in [1.807, 2.05) is 30.3 Å². The van der Waals surface area contributed by atoms with Crippen LogP contribution in [0, 0.1) is 0 Å². The molecule has 2 aromatic rings. The van der Waals surface area contributed by atoms with Crippen molar-refractivity contribution in [3.05, 3.63) is 60.2 Å². The highest BCUT2D eigenvalue weighted by Crippen LogP contribution is 2.45. The topological polar surface area (TPSA) is 61.4 Å². The summed E-state index contributed by atoms with van der Waals surface area (Å²) in [7, 11) is 0. The summed E-state index contributed by atoms with van der Waals surface area (Å²) in [6.45, 7) is 0. The smallest absolute Gasteiger partial charge is 0.319 e. The number of benzene rings is 2. The first-order valence-electron chi connectivity index (χ1n) is 6.62. The number of carbonyl (C=O) groups is 1. The number of anilines is 1. The zero-order valence-electron chi connectivity index (χ0n) is 11.0. The van der Waals surface area contributed by atoms with Gasteiger partial charge in [-0.3, -0.25) is 0 Å². The molecule has 0 heterocycles. The Morgan fingerprint density at radius 3 is 2.45 bits per heavy atom. The lowest BCUT2D eigenvalue weighted by Gasteiger charge is -2.18. The summed E-state index contributed by atoms with van der Waals surface area (Å²) in [5.41, 5.74) is 1.47. The van der Waals surface area contributed by atoms with Gasteiger partial charge in [-0.25, -0.2) is 4.79 Å². The Morgan fingerprint density at radius 2 is 1.80 bits per heavy atom. The molecule has 1 aliphatic rings. The summed E-state index contributed by atoms with van der Waals surface area (Å²) in [6.07, 6.45) is 1.90. The van der Waals surface area contributed by atoms with E-state index in [0.29, 0.717) is 5.69 Å². The fraction of sp³-hybridized carbons (Fsp3) is 0.188. The van der Waals surface area contributed by atoms with Crippen LogP contribution in [0.25, 0.3) is 0 Å². The molecular weight excluding hydrogens is 252 g/mol. The maximum absolute atomic E-state index is 12.0. The van der Waals surface area contributed by atoms with Crippen LogP contribution in [0.3, 0.4) is 0 Å². The molecule has 0 atom stereocenters. The normalized spacial score (nSPS) is 15.4. The van der Waals surface area contributed by atoms with Crippen molar-refractivity contribution in [2.75, 3.05) is 5.32 Å². The summed E-state index contributed by atoms with van der Waals surface area (Å²) in [5.74, 6) is 0.131. The first-order valence-corrected chi connectivity index (χ1v) is 6.62. The Kier molecular flexibility index (Phi) is 3.06. The van der Waals surface area contributed by atoms with Gasteiger partial charge in [0.25, 0.3) is 0 Å². The molecule has 20 heavy (non-hydrogen) atoms. The average Bonchev–Trinajstić information content (AvgIpc) is 3.20. The Hall–Kier alpha value is -2.49. The van der Waals surface area contributed by atoms with Gasteiger partial charge in [0.15, 0.2) is 0 Å². The van der Waals surface area contributed by atoms with Crippen LogP contribution in [0.1, 0.15) is 18.4 Å². The maximum Gasteiger partial charge on any atom is 0.319 e. The lowest BCUT2D eigenvalue weighted by Crippen LogP contribution is -2.37. The number of hydrogen-bond donors (Lipinski definition) is 3. The summed E-state index contributed by atoms with van der Waals surface area (Å²) in [4.78, 5) is 12.0. The van der Waals surface area contributed by atoms with E-state index in [2.05, 4.69) is 10.6 Å². The molecular formula is C16H16N2O2. The van der Waals surface area contributed by atoms with E-state index < -0.39 is 0 Å².